The largest absolute Gasteiger partial charge is 0.504 e. The minimum absolute atomic E-state index is 0.0336. The highest BCUT2D eigenvalue weighted by molar-refractivity contribution is 6.04. The lowest BCUT2D eigenvalue weighted by Gasteiger charge is -2.49. The van der Waals surface area contributed by atoms with Gasteiger partial charge in [0.05, 0.1) is 17.0 Å². The number of aliphatic carboxylic acids is 1. The van der Waals surface area contributed by atoms with Crippen molar-refractivity contribution in [3.63, 3.8) is 0 Å². The van der Waals surface area contributed by atoms with E-state index in [0.29, 0.717) is 18.4 Å². The summed E-state index contributed by atoms with van der Waals surface area (Å²) in [4.78, 5) is 39.6. The maximum absolute atomic E-state index is 13.8. The number of unbranched alkanes of at least 4 members (excludes halogenated alkanes) is 1. The van der Waals surface area contributed by atoms with Gasteiger partial charge in [0.1, 0.15) is 0 Å². The zero-order valence-corrected chi connectivity index (χ0v) is 21.9. The SMILES string of the molecule is NCC(CCCCNC(=O)c1cccc(O)c1O)N1C(=O)c2c(ccc(O)c2O)C(c2ccccc2)C1(O)C(=O)O. The molecule has 216 valence electrons. The van der Waals surface area contributed by atoms with Gasteiger partial charge in [0.2, 0.25) is 0 Å². The van der Waals surface area contributed by atoms with E-state index in [1.807, 2.05) is 0 Å². The van der Waals surface area contributed by atoms with Crippen molar-refractivity contribution < 1.29 is 45.0 Å². The molecule has 1 heterocycles. The number of hydrogen-bond acceptors (Lipinski definition) is 9. The highest BCUT2D eigenvalue weighted by Gasteiger charge is 2.59. The molecule has 9 N–H and O–H groups in total. The number of carbonyl (C=O) groups excluding carboxylic acids is 2. The second-order valence-corrected chi connectivity index (χ2v) is 9.76. The predicted molar refractivity (Wildman–Crippen MR) is 146 cm³/mol. The van der Waals surface area contributed by atoms with Gasteiger partial charge in [0.25, 0.3) is 17.5 Å². The van der Waals surface area contributed by atoms with Crippen molar-refractivity contribution in [1.82, 2.24) is 10.2 Å². The molecule has 1 aliphatic rings. The van der Waals surface area contributed by atoms with Crippen molar-refractivity contribution >= 4 is 17.8 Å². The van der Waals surface area contributed by atoms with Gasteiger partial charge in [-0.25, -0.2) is 4.79 Å². The average Bonchev–Trinajstić information content (AvgIpc) is 2.95. The van der Waals surface area contributed by atoms with E-state index in [1.54, 1.807) is 30.3 Å². The molecule has 0 saturated heterocycles. The number of amides is 2. The van der Waals surface area contributed by atoms with Crippen LogP contribution in [0.5, 0.6) is 23.0 Å². The van der Waals surface area contributed by atoms with Crippen molar-refractivity contribution in [1.29, 1.82) is 0 Å². The summed E-state index contributed by atoms with van der Waals surface area (Å²) in [5, 5.41) is 65.1. The minimum Gasteiger partial charge on any atom is -0.504 e. The molecular weight excluding hydrogens is 534 g/mol. The first-order valence-electron chi connectivity index (χ1n) is 12.9. The van der Waals surface area contributed by atoms with Gasteiger partial charge in [-0.05, 0) is 48.6 Å². The number of phenolic OH excluding ortho intramolecular Hbond substituents is 4. The van der Waals surface area contributed by atoms with Crippen LogP contribution in [0.25, 0.3) is 0 Å². The van der Waals surface area contributed by atoms with Crippen LogP contribution in [0, 0.1) is 0 Å². The Morgan fingerprint density at radius 1 is 0.927 bits per heavy atom. The van der Waals surface area contributed by atoms with Crippen LogP contribution in [-0.2, 0) is 4.79 Å². The number of aromatic hydroxyl groups is 4. The Kier molecular flexibility index (Phi) is 8.36. The average molecular weight is 566 g/mol. The van der Waals surface area contributed by atoms with Gasteiger partial charge in [-0.3, -0.25) is 14.5 Å². The quantitative estimate of drug-likeness (QED) is 0.132. The summed E-state index contributed by atoms with van der Waals surface area (Å²) in [5.41, 5.74) is 3.16. The number of hydrogen-bond donors (Lipinski definition) is 8. The molecule has 4 rings (SSSR count). The number of benzene rings is 3. The van der Waals surface area contributed by atoms with E-state index in [1.165, 1.54) is 24.3 Å². The van der Waals surface area contributed by atoms with Crippen molar-refractivity contribution in [3.8, 4) is 23.0 Å². The number of carbonyl (C=O) groups is 3. The molecule has 0 spiro atoms. The fourth-order valence-corrected chi connectivity index (χ4v) is 5.29. The highest BCUT2D eigenvalue weighted by atomic mass is 16.4. The molecule has 0 radical (unpaired) electrons. The zero-order valence-electron chi connectivity index (χ0n) is 21.9. The van der Waals surface area contributed by atoms with Crippen molar-refractivity contribution in [2.75, 3.05) is 13.1 Å². The summed E-state index contributed by atoms with van der Waals surface area (Å²) in [6, 6.07) is 13.6. The number of carboxylic acid groups (broad SMARTS) is 1. The summed E-state index contributed by atoms with van der Waals surface area (Å²) in [5.74, 6) is -6.95. The van der Waals surface area contributed by atoms with Gasteiger partial charge in [0, 0.05) is 19.1 Å². The highest BCUT2D eigenvalue weighted by Crippen LogP contribution is 2.49. The van der Waals surface area contributed by atoms with Crippen LogP contribution < -0.4 is 11.1 Å². The fraction of sp³-hybridized carbons (Fsp3) is 0.276. The smallest absolute Gasteiger partial charge is 0.358 e. The summed E-state index contributed by atoms with van der Waals surface area (Å²) in [6.45, 7) is -0.0895. The van der Waals surface area contributed by atoms with Crippen LogP contribution in [0.1, 0.15) is 57.0 Å². The first-order chi connectivity index (χ1) is 19.5. The number of nitrogens with one attached hydrogen (secondary N) is 1. The maximum Gasteiger partial charge on any atom is 0.358 e. The fourth-order valence-electron chi connectivity index (χ4n) is 5.29. The van der Waals surface area contributed by atoms with Crippen LogP contribution in [0.4, 0.5) is 0 Å². The molecule has 12 nitrogen and oxygen atoms in total. The van der Waals surface area contributed by atoms with Gasteiger partial charge in [-0.2, -0.15) is 0 Å². The third-order valence-corrected chi connectivity index (χ3v) is 7.30. The number of nitrogens with two attached hydrogens (primary N) is 1. The lowest BCUT2D eigenvalue weighted by molar-refractivity contribution is -0.186. The first-order valence-corrected chi connectivity index (χ1v) is 12.9. The number of fused-ring (bicyclic) bond motifs is 1. The molecule has 41 heavy (non-hydrogen) atoms. The Morgan fingerprint density at radius 2 is 1.61 bits per heavy atom. The zero-order chi connectivity index (χ0) is 29.9. The number of phenols is 4. The lowest BCUT2D eigenvalue weighted by atomic mass is 9.74. The molecule has 3 aromatic carbocycles. The van der Waals surface area contributed by atoms with Crippen LogP contribution in [0.2, 0.25) is 0 Å². The predicted octanol–water partition coefficient (Wildman–Crippen LogP) is 1.80. The van der Waals surface area contributed by atoms with E-state index < -0.39 is 58.5 Å². The number of nitrogens with zero attached hydrogens (tertiary/aromatic N) is 1. The third kappa shape index (κ3) is 5.22. The van der Waals surface area contributed by atoms with E-state index in [9.17, 15) is 45.0 Å². The molecule has 3 atom stereocenters. The number of aliphatic hydroxyl groups is 1. The second kappa shape index (κ2) is 11.7. The van der Waals surface area contributed by atoms with E-state index >= 15 is 0 Å². The van der Waals surface area contributed by atoms with Gasteiger partial charge in [0.15, 0.2) is 23.0 Å². The van der Waals surface area contributed by atoms with Crippen LogP contribution in [0.3, 0.4) is 0 Å². The summed E-state index contributed by atoms with van der Waals surface area (Å²) >= 11 is 0. The Hall–Kier alpha value is -4.81. The van der Waals surface area contributed by atoms with Gasteiger partial charge >= 0.3 is 5.97 Å². The Morgan fingerprint density at radius 3 is 2.27 bits per heavy atom. The molecule has 3 unspecified atom stereocenters. The Bertz CT molecular complexity index is 1460. The number of carboxylic acids is 1. The van der Waals surface area contributed by atoms with Crippen LogP contribution >= 0.6 is 0 Å². The molecule has 0 saturated carbocycles. The van der Waals surface area contributed by atoms with Gasteiger partial charge in [-0.1, -0.05) is 42.5 Å². The maximum atomic E-state index is 13.8. The minimum atomic E-state index is -2.79. The monoisotopic (exact) mass is 565 g/mol. The Labute approximate surface area is 234 Å². The Balaban J connectivity index is 1.60. The molecule has 12 heteroatoms. The lowest BCUT2D eigenvalue weighted by Crippen LogP contribution is -2.67. The van der Waals surface area contributed by atoms with Crippen molar-refractivity contribution in [3.05, 3.63) is 82.9 Å². The summed E-state index contributed by atoms with van der Waals surface area (Å²) in [7, 11) is 0. The van der Waals surface area contributed by atoms with Gasteiger partial charge < -0.3 is 41.7 Å². The molecule has 0 bridgehead atoms. The topological polar surface area (TPSA) is 214 Å². The van der Waals surface area contributed by atoms with Crippen molar-refractivity contribution in [2.24, 2.45) is 5.73 Å². The van der Waals surface area contributed by atoms with E-state index in [-0.39, 0.29) is 36.2 Å². The molecule has 0 aromatic heterocycles. The number of rotatable bonds is 10. The standard InChI is InChI=1S/C29H31N3O9/c30-15-17(9-4-5-14-31-26(37)19-10-6-11-20(33)24(19)35)32-27(38)22-18(12-13-21(34)25(22)36)23(29(32,41)28(39)40)16-7-2-1-3-8-16/h1-3,6-8,10-13,17,23,33-36,41H,4-5,9,14-15,30H2,(H,31,37)(H,39,40). The molecule has 0 aliphatic carbocycles. The van der Waals surface area contributed by atoms with E-state index in [0.717, 1.165) is 11.0 Å². The molecular formula is C29H31N3O9. The van der Waals surface area contributed by atoms with Crippen LogP contribution in [-0.4, -0.2) is 78.2 Å². The van der Waals surface area contributed by atoms with E-state index in [4.69, 9.17) is 5.73 Å². The molecule has 2 amide bonds. The van der Waals surface area contributed by atoms with Crippen LogP contribution in [0.15, 0.2) is 60.7 Å². The first kappa shape index (κ1) is 29.2. The molecule has 0 fully saturated rings. The molecule has 3 aromatic rings. The van der Waals surface area contributed by atoms with Crippen molar-refractivity contribution in [2.45, 2.75) is 36.9 Å². The number of para-hydroxylation sites is 1. The van der Waals surface area contributed by atoms with E-state index in [2.05, 4.69) is 5.32 Å². The van der Waals surface area contributed by atoms with Gasteiger partial charge in [-0.15, -0.1) is 0 Å². The summed E-state index contributed by atoms with van der Waals surface area (Å²) in [6.07, 6.45) is 0.824. The second-order valence-electron chi connectivity index (χ2n) is 9.76. The third-order valence-electron chi connectivity index (χ3n) is 7.30. The normalized spacial score (nSPS) is 18.9. The molecule has 1 aliphatic heterocycles. The summed E-state index contributed by atoms with van der Waals surface area (Å²) < 4.78 is 0.